The van der Waals surface area contributed by atoms with E-state index < -0.39 is 23.8 Å². The molecular weight excluding hydrogens is 300 g/mol. The van der Waals surface area contributed by atoms with E-state index in [2.05, 4.69) is 4.98 Å². The molecular formula is C15H14F4N2O. The highest BCUT2D eigenvalue weighted by atomic mass is 19.4. The first kappa shape index (κ1) is 14.9. The van der Waals surface area contributed by atoms with Crippen molar-refractivity contribution in [3.63, 3.8) is 0 Å². The number of aromatic nitrogens is 1. The Kier molecular flexibility index (Phi) is 3.58. The molecule has 7 heteroatoms. The van der Waals surface area contributed by atoms with Gasteiger partial charge in [0.25, 0.3) is 5.91 Å². The van der Waals surface area contributed by atoms with Gasteiger partial charge >= 0.3 is 6.18 Å². The van der Waals surface area contributed by atoms with Crippen LogP contribution in [0.1, 0.15) is 23.3 Å². The number of rotatable bonds is 1. The fraction of sp³-hybridized carbons (Fsp3) is 0.400. The number of amides is 1. The lowest BCUT2D eigenvalue weighted by atomic mass is 9.97. The summed E-state index contributed by atoms with van der Waals surface area (Å²) in [4.78, 5) is 16.3. The van der Waals surface area contributed by atoms with Gasteiger partial charge in [0.2, 0.25) is 0 Å². The van der Waals surface area contributed by atoms with E-state index in [0.29, 0.717) is 11.9 Å². The molecule has 1 aliphatic heterocycles. The molecule has 118 valence electrons. The number of nitrogens with one attached hydrogen (secondary N) is 1. The van der Waals surface area contributed by atoms with Crippen molar-refractivity contribution in [2.75, 3.05) is 13.1 Å². The number of nitrogens with zero attached hydrogens (tertiary/aromatic N) is 1. The number of hydrogen-bond donors (Lipinski definition) is 1. The molecule has 3 rings (SSSR count). The number of piperidine rings is 1. The molecule has 0 saturated carbocycles. The van der Waals surface area contributed by atoms with Crippen LogP contribution >= 0.6 is 0 Å². The zero-order valence-corrected chi connectivity index (χ0v) is 11.6. The first-order chi connectivity index (χ1) is 10.4. The fourth-order valence-electron chi connectivity index (χ4n) is 2.83. The maximum atomic E-state index is 13.6. The second kappa shape index (κ2) is 5.30. The summed E-state index contributed by atoms with van der Waals surface area (Å²) in [7, 11) is 0. The standard InChI is InChI=1S/C15H14F4N2O/c16-11-4-1-5-12-10(11)7-13(20-12)14(22)21-6-2-3-9(8-21)15(17,18)19/h1,4-5,7,9,20H,2-3,6,8H2/t9-/m1/s1. The SMILES string of the molecule is O=C(c1cc2c(F)cccc2[nH]1)N1CCC[C@@H](C(F)(F)F)C1. The van der Waals surface area contributed by atoms with Crippen molar-refractivity contribution < 1.29 is 22.4 Å². The van der Waals surface area contributed by atoms with Crippen LogP contribution in [0.2, 0.25) is 0 Å². The van der Waals surface area contributed by atoms with Crippen LogP contribution in [0.3, 0.4) is 0 Å². The molecule has 1 fully saturated rings. The minimum atomic E-state index is -4.30. The molecule has 1 aromatic carbocycles. The third-order valence-corrected chi connectivity index (χ3v) is 4.01. The van der Waals surface area contributed by atoms with Gasteiger partial charge in [-0.25, -0.2) is 4.39 Å². The van der Waals surface area contributed by atoms with Gasteiger partial charge in [0, 0.05) is 24.0 Å². The number of likely N-dealkylation sites (tertiary alicyclic amines) is 1. The molecule has 22 heavy (non-hydrogen) atoms. The molecule has 0 unspecified atom stereocenters. The summed E-state index contributed by atoms with van der Waals surface area (Å²) in [6.07, 6.45) is -3.95. The lowest BCUT2D eigenvalue weighted by Gasteiger charge is -2.33. The van der Waals surface area contributed by atoms with Gasteiger partial charge in [-0.05, 0) is 31.0 Å². The average Bonchev–Trinajstić information content (AvgIpc) is 2.91. The highest BCUT2D eigenvalue weighted by molar-refractivity contribution is 5.98. The molecule has 0 spiro atoms. The summed E-state index contributed by atoms with van der Waals surface area (Å²) < 4.78 is 52.0. The van der Waals surface area contributed by atoms with Crippen molar-refractivity contribution in [2.24, 2.45) is 5.92 Å². The van der Waals surface area contributed by atoms with Crippen molar-refractivity contribution in [1.82, 2.24) is 9.88 Å². The van der Waals surface area contributed by atoms with E-state index in [9.17, 15) is 22.4 Å². The lowest BCUT2D eigenvalue weighted by Crippen LogP contribution is -2.44. The second-order valence-corrected chi connectivity index (χ2v) is 5.52. The molecule has 1 aliphatic rings. The Hall–Kier alpha value is -2.05. The summed E-state index contributed by atoms with van der Waals surface area (Å²) in [5.74, 6) is -2.49. The third kappa shape index (κ3) is 2.67. The molecule has 1 N–H and O–H groups in total. The zero-order valence-electron chi connectivity index (χ0n) is 11.6. The maximum Gasteiger partial charge on any atom is 0.393 e. The summed E-state index contributed by atoms with van der Waals surface area (Å²) in [6.45, 7) is -0.0660. The van der Waals surface area contributed by atoms with Crippen LogP contribution in [0.4, 0.5) is 17.6 Å². The summed E-state index contributed by atoms with van der Waals surface area (Å²) in [5, 5.41) is 0.259. The Labute approximate surface area is 123 Å². The first-order valence-corrected chi connectivity index (χ1v) is 6.99. The lowest BCUT2D eigenvalue weighted by molar-refractivity contribution is -0.184. The number of halogens is 4. The van der Waals surface area contributed by atoms with Gasteiger partial charge < -0.3 is 9.88 Å². The molecule has 2 heterocycles. The summed E-state index contributed by atoms with van der Waals surface area (Å²) >= 11 is 0. The maximum absolute atomic E-state index is 13.6. The highest BCUT2D eigenvalue weighted by Crippen LogP contribution is 2.33. The van der Waals surface area contributed by atoms with Gasteiger partial charge in [-0.1, -0.05) is 6.07 Å². The fourth-order valence-corrected chi connectivity index (χ4v) is 2.83. The van der Waals surface area contributed by atoms with Crippen LogP contribution in [0.5, 0.6) is 0 Å². The van der Waals surface area contributed by atoms with Crippen molar-refractivity contribution in [2.45, 2.75) is 19.0 Å². The number of carbonyl (C=O) groups is 1. The van der Waals surface area contributed by atoms with E-state index in [0.717, 1.165) is 0 Å². The van der Waals surface area contributed by atoms with Gasteiger partial charge in [0.15, 0.2) is 0 Å². The molecule has 1 aromatic heterocycles. The Morgan fingerprint density at radius 3 is 2.77 bits per heavy atom. The Bertz CT molecular complexity index is 707. The largest absolute Gasteiger partial charge is 0.393 e. The van der Waals surface area contributed by atoms with E-state index >= 15 is 0 Å². The van der Waals surface area contributed by atoms with Crippen LogP contribution < -0.4 is 0 Å². The van der Waals surface area contributed by atoms with E-state index in [1.54, 1.807) is 6.07 Å². The topological polar surface area (TPSA) is 36.1 Å². The number of hydrogen-bond acceptors (Lipinski definition) is 1. The molecule has 1 amide bonds. The molecule has 0 bridgehead atoms. The number of alkyl halides is 3. The van der Waals surface area contributed by atoms with Gasteiger partial charge in [0.1, 0.15) is 11.5 Å². The van der Waals surface area contributed by atoms with Crippen LogP contribution in [0.15, 0.2) is 24.3 Å². The molecule has 0 radical (unpaired) electrons. The average molecular weight is 314 g/mol. The van der Waals surface area contributed by atoms with Gasteiger partial charge in [0.05, 0.1) is 5.92 Å². The number of fused-ring (bicyclic) bond motifs is 1. The molecule has 3 nitrogen and oxygen atoms in total. The van der Waals surface area contributed by atoms with E-state index in [4.69, 9.17) is 0 Å². The quantitative estimate of drug-likeness (QED) is 0.800. The van der Waals surface area contributed by atoms with E-state index in [1.165, 1.54) is 23.1 Å². The Balaban J connectivity index is 1.84. The van der Waals surface area contributed by atoms with Gasteiger partial charge in [-0.2, -0.15) is 13.2 Å². The van der Waals surface area contributed by atoms with Crippen molar-refractivity contribution in [3.8, 4) is 0 Å². The number of aromatic amines is 1. The molecule has 2 aromatic rings. The van der Waals surface area contributed by atoms with Crippen molar-refractivity contribution in [3.05, 3.63) is 35.8 Å². The van der Waals surface area contributed by atoms with Gasteiger partial charge in [-0.3, -0.25) is 4.79 Å². The van der Waals surface area contributed by atoms with E-state index in [1.807, 2.05) is 0 Å². The summed E-state index contributed by atoms with van der Waals surface area (Å²) in [5.41, 5.74) is 0.565. The van der Waals surface area contributed by atoms with Crippen molar-refractivity contribution >= 4 is 16.8 Å². The van der Waals surface area contributed by atoms with E-state index in [-0.39, 0.29) is 30.6 Å². The minimum absolute atomic E-state index is 0.0363. The van der Waals surface area contributed by atoms with Gasteiger partial charge in [-0.15, -0.1) is 0 Å². The number of carbonyl (C=O) groups excluding carboxylic acids is 1. The minimum Gasteiger partial charge on any atom is -0.350 e. The third-order valence-electron chi connectivity index (χ3n) is 4.01. The first-order valence-electron chi connectivity index (χ1n) is 6.99. The van der Waals surface area contributed by atoms with Crippen LogP contribution in [-0.2, 0) is 0 Å². The number of H-pyrrole nitrogens is 1. The molecule has 1 atom stereocenters. The summed E-state index contributed by atoms with van der Waals surface area (Å²) in [6, 6.07) is 5.74. The number of benzene rings is 1. The smallest absolute Gasteiger partial charge is 0.350 e. The second-order valence-electron chi connectivity index (χ2n) is 5.52. The predicted molar refractivity (Wildman–Crippen MR) is 72.9 cm³/mol. The highest BCUT2D eigenvalue weighted by Gasteiger charge is 2.42. The van der Waals surface area contributed by atoms with Crippen LogP contribution in [-0.4, -0.2) is 35.1 Å². The normalized spacial score (nSPS) is 19.6. The molecule has 0 aliphatic carbocycles. The van der Waals surface area contributed by atoms with Crippen molar-refractivity contribution in [1.29, 1.82) is 0 Å². The predicted octanol–water partition coefficient (Wildman–Crippen LogP) is 3.72. The van der Waals surface area contributed by atoms with Crippen LogP contribution in [0.25, 0.3) is 10.9 Å². The van der Waals surface area contributed by atoms with Crippen LogP contribution in [0, 0.1) is 11.7 Å². The monoisotopic (exact) mass is 314 g/mol. The molecule has 1 saturated heterocycles. The Morgan fingerprint density at radius 1 is 1.32 bits per heavy atom. The zero-order chi connectivity index (χ0) is 15.9. The Morgan fingerprint density at radius 2 is 2.09 bits per heavy atom.